The minimum Gasteiger partial charge on any atom is -0.452 e. The van der Waals surface area contributed by atoms with Crippen LogP contribution in [0.1, 0.15) is 21.5 Å². The number of amides is 1. The Hall–Kier alpha value is -3.14. The number of nitrogens with one attached hydrogen (secondary N) is 1. The molecule has 1 fully saturated rings. The summed E-state index contributed by atoms with van der Waals surface area (Å²) in [6, 6.07) is 6.78. The van der Waals surface area contributed by atoms with Crippen molar-refractivity contribution in [3.8, 4) is 0 Å². The van der Waals surface area contributed by atoms with Crippen LogP contribution < -0.4 is 10.2 Å². The van der Waals surface area contributed by atoms with Gasteiger partial charge in [0.05, 0.1) is 35.7 Å². The molecule has 1 saturated heterocycles. The van der Waals surface area contributed by atoms with Crippen molar-refractivity contribution >= 4 is 23.3 Å². The highest BCUT2D eigenvalue weighted by Crippen LogP contribution is 2.35. The van der Waals surface area contributed by atoms with E-state index in [9.17, 15) is 27.2 Å². The first-order chi connectivity index (χ1) is 14.6. The molecule has 1 amide bonds. The quantitative estimate of drug-likeness (QED) is 0.566. The summed E-state index contributed by atoms with van der Waals surface area (Å²) in [6.07, 6.45) is -4.59. The molecule has 10 heteroatoms. The van der Waals surface area contributed by atoms with Crippen molar-refractivity contribution < 1.29 is 36.6 Å². The average molecular weight is 440 g/mol. The lowest BCUT2D eigenvalue weighted by Crippen LogP contribution is -2.37. The van der Waals surface area contributed by atoms with E-state index in [1.165, 1.54) is 25.1 Å². The van der Waals surface area contributed by atoms with Crippen LogP contribution in [-0.2, 0) is 20.4 Å². The average Bonchev–Trinajstić information content (AvgIpc) is 2.74. The van der Waals surface area contributed by atoms with Gasteiger partial charge in [-0.15, -0.1) is 0 Å². The van der Waals surface area contributed by atoms with Gasteiger partial charge in [0, 0.05) is 13.1 Å². The molecule has 31 heavy (non-hydrogen) atoms. The maximum Gasteiger partial charge on any atom is 0.416 e. The fourth-order valence-corrected chi connectivity index (χ4v) is 3.01. The summed E-state index contributed by atoms with van der Waals surface area (Å²) in [7, 11) is 0. The van der Waals surface area contributed by atoms with Crippen molar-refractivity contribution in [1.82, 2.24) is 0 Å². The molecule has 1 N–H and O–H groups in total. The molecule has 1 aliphatic rings. The van der Waals surface area contributed by atoms with Crippen LogP contribution in [0.2, 0.25) is 0 Å². The van der Waals surface area contributed by atoms with Crippen LogP contribution in [0.15, 0.2) is 36.4 Å². The van der Waals surface area contributed by atoms with Crippen LogP contribution >= 0.6 is 0 Å². The van der Waals surface area contributed by atoms with E-state index in [0.29, 0.717) is 37.6 Å². The highest BCUT2D eigenvalue weighted by Gasteiger charge is 2.32. The van der Waals surface area contributed by atoms with Crippen molar-refractivity contribution in [3.05, 3.63) is 58.9 Å². The summed E-state index contributed by atoms with van der Waals surface area (Å²) in [5.74, 6) is -2.35. The Labute approximate surface area is 175 Å². The number of esters is 1. The monoisotopic (exact) mass is 440 g/mol. The Morgan fingerprint density at radius 1 is 1.13 bits per heavy atom. The first kappa shape index (κ1) is 22.5. The van der Waals surface area contributed by atoms with Crippen molar-refractivity contribution in [1.29, 1.82) is 0 Å². The van der Waals surface area contributed by atoms with Gasteiger partial charge in [0.25, 0.3) is 5.91 Å². The molecule has 1 aliphatic heterocycles. The Balaban J connectivity index is 1.72. The third kappa shape index (κ3) is 5.72. The van der Waals surface area contributed by atoms with Gasteiger partial charge in [0.1, 0.15) is 5.82 Å². The fourth-order valence-electron chi connectivity index (χ4n) is 3.01. The number of nitrogens with zero attached hydrogens (tertiary/aromatic N) is 1. The van der Waals surface area contributed by atoms with E-state index in [1.807, 2.05) is 0 Å². The van der Waals surface area contributed by atoms with Gasteiger partial charge in [0.15, 0.2) is 6.61 Å². The van der Waals surface area contributed by atoms with Crippen LogP contribution in [0.4, 0.5) is 28.9 Å². The van der Waals surface area contributed by atoms with E-state index in [4.69, 9.17) is 9.47 Å². The summed E-state index contributed by atoms with van der Waals surface area (Å²) in [4.78, 5) is 26.1. The lowest BCUT2D eigenvalue weighted by atomic mass is 10.1. The second-order valence-corrected chi connectivity index (χ2v) is 6.92. The number of aryl methyl sites for hydroxylation is 1. The van der Waals surface area contributed by atoms with Crippen molar-refractivity contribution in [2.24, 2.45) is 0 Å². The molecule has 2 aromatic rings. The number of alkyl halides is 3. The van der Waals surface area contributed by atoms with Gasteiger partial charge in [-0.1, -0.05) is 6.07 Å². The maximum atomic E-state index is 13.6. The van der Waals surface area contributed by atoms with Crippen molar-refractivity contribution in [2.75, 3.05) is 43.1 Å². The SMILES string of the molecule is Cc1ccc(C(=O)OCC(=O)Nc2cc(C(F)(F)F)ccc2N2CCOCC2)cc1F. The molecule has 0 saturated carbocycles. The summed E-state index contributed by atoms with van der Waals surface area (Å²) < 4.78 is 63.1. The topological polar surface area (TPSA) is 67.9 Å². The second-order valence-electron chi connectivity index (χ2n) is 6.92. The van der Waals surface area contributed by atoms with E-state index in [1.54, 1.807) is 4.90 Å². The van der Waals surface area contributed by atoms with Gasteiger partial charge in [-0.2, -0.15) is 13.2 Å². The molecule has 0 atom stereocenters. The lowest BCUT2D eigenvalue weighted by Gasteiger charge is -2.31. The number of halogens is 4. The molecule has 6 nitrogen and oxygen atoms in total. The number of anilines is 2. The summed E-state index contributed by atoms with van der Waals surface area (Å²) in [6.45, 7) is 2.48. The molecule has 0 bridgehead atoms. The summed E-state index contributed by atoms with van der Waals surface area (Å²) in [5, 5.41) is 2.37. The molecule has 0 aromatic heterocycles. The van der Waals surface area contributed by atoms with Crippen LogP contribution in [0, 0.1) is 12.7 Å². The number of morpholine rings is 1. The molecule has 3 rings (SSSR count). The normalized spacial score (nSPS) is 14.3. The third-order valence-corrected chi connectivity index (χ3v) is 4.69. The number of hydrogen-bond donors (Lipinski definition) is 1. The predicted molar refractivity (Wildman–Crippen MR) is 105 cm³/mol. The smallest absolute Gasteiger partial charge is 0.416 e. The highest BCUT2D eigenvalue weighted by molar-refractivity contribution is 5.97. The van der Waals surface area contributed by atoms with Crippen LogP contribution in [-0.4, -0.2) is 44.8 Å². The number of benzene rings is 2. The molecule has 0 unspecified atom stereocenters. The van der Waals surface area contributed by atoms with Gasteiger partial charge in [-0.25, -0.2) is 9.18 Å². The summed E-state index contributed by atoms with van der Waals surface area (Å²) in [5.41, 5.74) is -0.318. The largest absolute Gasteiger partial charge is 0.452 e. The molecule has 166 valence electrons. The van der Waals surface area contributed by atoms with Gasteiger partial charge >= 0.3 is 12.1 Å². The zero-order chi connectivity index (χ0) is 22.6. The molecule has 0 spiro atoms. The van der Waals surface area contributed by atoms with E-state index >= 15 is 0 Å². The molecular formula is C21H20F4N2O4. The number of hydrogen-bond acceptors (Lipinski definition) is 5. The zero-order valence-corrected chi connectivity index (χ0v) is 16.6. The van der Waals surface area contributed by atoms with Crippen molar-refractivity contribution in [3.63, 3.8) is 0 Å². The first-order valence-electron chi connectivity index (χ1n) is 9.42. The first-order valence-corrected chi connectivity index (χ1v) is 9.42. The minimum absolute atomic E-state index is 0.0563. The molecular weight excluding hydrogens is 420 g/mol. The Kier molecular flexibility index (Phi) is 6.79. The van der Waals surface area contributed by atoms with E-state index in [2.05, 4.69) is 5.32 Å². The van der Waals surface area contributed by atoms with E-state index in [0.717, 1.165) is 18.2 Å². The van der Waals surface area contributed by atoms with Crippen molar-refractivity contribution in [2.45, 2.75) is 13.1 Å². The minimum atomic E-state index is -4.59. The van der Waals surface area contributed by atoms with Gasteiger partial charge in [0.2, 0.25) is 0 Å². The van der Waals surface area contributed by atoms with Crippen LogP contribution in [0.25, 0.3) is 0 Å². The predicted octanol–water partition coefficient (Wildman–Crippen LogP) is 3.79. The van der Waals surface area contributed by atoms with E-state index < -0.39 is 36.0 Å². The molecule has 2 aromatic carbocycles. The van der Waals surface area contributed by atoms with Gasteiger partial charge in [-0.05, 0) is 42.8 Å². The number of ether oxygens (including phenoxy) is 2. The zero-order valence-electron chi connectivity index (χ0n) is 16.6. The fraction of sp³-hybridized carbons (Fsp3) is 0.333. The third-order valence-electron chi connectivity index (χ3n) is 4.69. The molecule has 1 heterocycles. The van der Waals surface area contributed by atoms with Gasteiger partial charge in [-0.3, -0.25) is 4.79 Å². The molecule has 0 radical (unpaired) electrons. The standard InChI is InChI=1S/C21H20F4N2O4/c1-13-2-3-14(10-16(13)22)20(29)31-12-19(28)26-17-11-15(21(23,24)25)4-5-18(17)27-6-8-30-9-7-27/h2-5,10-11H,6-9,12H2,1H3,(H,26,28). The van der Waals surface area contributed by atoms with Crippen LogP contribution in [0.3, 0.4) is 0 Å². The Bertz CT molecular complexity index is 972. The Morgan fingerprint density at radius 3 is 2.48 bits per heavy atom. The lowest BCUT2D eigenvalue weighted by molar-refractivity contribution is -0.137. The Morgan fingerprint density at radius 2 is 1.84 bits per heavy atom. The number of carbonyl (C=O) groups excluding carboxylic acids is 2. The molecule has 0 aliphatic carbocycles. The maximum absolute atomic E-state index is 13.6. The summed E-state index contributed by atoms with van der Waals surface area (Å²) >= 11 is 0. The van der Waals surface area contributed by atoms with E-state index in [-0.39, 0.29) is 11.3 Å². The van der Waals surface area contributed by atoms with Gasteiger partial charge < -0.3 is 19.7 Å². The second kappa shape index (κ2) is 9.34. The van der Waals surface area contributed by atoms with Crippen LogP contribution in [0.5, 0.6) is 0 Å². The number of rotatable bonds is 5. The number of carbonyl (C=O) groups is 2. The highest BCUT2D eigenvalue weighted by atomic mass is 19.4.